The lowest BCUT2D eigenvalue weighted by molar-refractivity contribution is -0.121. The lowest BCUT2D eigenvalue weighted by atomic mass is 10.2. The number of amides is 1. The molecule has 0 unspecified atom stereocenters. The van der Waals surface area contributed by atoms with Crippen LogP contribution in [0.1, 0.15) is 19.8 Å². The average molecular weight is 275 g/mol. The first-order chi connectivity index (χ1) is 9.72. The minimum Gasteiger partial charge on any atom is -0.497 e. The van der Waals surface area contributed by atoms with Crippen molar-refractivity contribution in [3.05, 3.63) is 24.3 Å². The van der Waals surface area contributed by atoms with Crippen LogP contribution >= 0.6 is 0 Å². The van der Waals surface area contributed by atoms with E-state index in [-0.39, 0.29) is 12.6 Å². The van der Waals surface area contributed by atoms with Crippen LogP contribution in [0.4, 0.5) is 0 Å². The second-order valence-electron chi connectivity index (χ2n) is 4.22. The van der Waals surface area contributed by atoms with Gasteiger partial charge in [0.05, 0.1) is 7.11 Å². The molecule has 2 rings (SSSR count). The summed E-state index contributed by atoms with van der Waals surface area (Å²) in [5, 5.41) is 14.8. The van der Waals surface area contributed by atoms with E-state index in [4.69, 9.17) is 4.74 Å². The maximum Gasteiger partial charge on any atom is 0.221 e. The molecule has 20 heavy (non-hydrogen) atoms. The second kappa shape index (κ2) is 6.65. The lowest BCUT2D eigenvalue weighted by Gasteiger charge is -2.01. The van der Waals surface area contributed by atoms with Crippen LogP contribution in [0.25, 0.3) is 11.4 Å². The molecular weight excluding hydrogens is 258 g/mol. The van der Waals surface area contributed by atoms with E-state index in [0.717, 1.165) is 17.7 Å². The van der Waals surface area contributed by atoms with Crippen LogP contribution in [-0.2, 0) is 11.5 Å². The molecule has 2 aromatic rings. The van der Waals surface area contributed by atoms with Gasteiger partial charge in [0.25, 0.3) is 0 Å². The van der Waals surface area contributed by atoms with E-state index in [1.165, 1.54) is 4.80 Å². The van der Waals surface area contributed by atoms with Crippen molar-refractivity contribution >= 4 is 5.91 Å². The van der Waals surface area contributed by atoms with Crippen LogP contribution in [-0.4, -0.2) is 33.2 Å². The zero-order valence-electron chi connectivity index (χ0n) is 11.5. The highest BCUT2D eigenvalue weighted by molar-refractivity contribution is 5.75. The number of aromatic nitrogens is 4. The van der Waals surface area contributed by atoms with Crippen molar-refractivity contribution in [2.45, 2.75) is 26.4 Å². The summed E-state index contributed by atoms with van der Waals surface area (Å²) in [6, 6.07) is 7.38. The Hall–Kier alpha value is -2.44. The molecule has 0 saturated heterocycles. The molecule has 0 spiro atoms. The number of ether oxygens (including phenoxy) is 1. The number of carbonyl (C=O) groups excluding carboxylic acids is 1. The monoisotopic (exact) mass is 275 g/mol. The van der Waals surface area contributed by atoms with Gasteiger partial charge in [-0.2, -0.15) is 0 Å². The minimum absolute atomic E-state index is 0.0178. The van der Waals surface area contributed by atoms with E-state index < -0.39 is 0 Å². The second-order valence-corrected chi connectivity index (χ2v) is 4.22. The quantitative estimate of drug-likeness (QED) is 0.857. The molecule has 1 N–H and O–H groups in total. The van der Waals surface area contributed by atoms with Gasteiger partial charge in [-0.15, -0.1) is 15.0 Å². The Balaban J connectivity index is 1.99. The van der Waals surface area contributed by atoms with E-state index in [1.807, 2.05) is 31.2 Å². The number of hydrogen-bond donors (Lipinski definition) is 1. The third-order valence-electron chi connectivity index (χ3n) is 2.70. The molecule has 0 aliphatic rings. The summed E-state index contributed by atoms with van der Waals surface area (Å²) in [6.07, 6.45) is 1.31. The molecule has 0 atom stereocenters. The van der Waals surface area contributed by atoms with Crippen molar-refractivity contribution in [1.82, 2.24) is 25.5 Å². The van der Waals surface area contributed by atoms with E-state index >= 15 is 0 Å². The Bertz CT molecular complexity index is 564. The smallest absolute Gasteiger partial charge is 0.221 e. The van der Waals surface area contributed by atoms with Crippen LogP contribution in [0.2, 0.25) is 0 Å². The SMILES string of the molecule is CCCC(=O)NCn1nnc(-c2ccc(OC)cc2)n1. The molecule has 0 aliphatic heterocycles. The number of benzene rings is 1. The molecule has 0 aliphatic carbocycles. The van der Waals surface area contributed by atoms with Crippen LogP contribution in [0.5, 0.6) is 5.75 Å². The first kappa shape index (κ1) is 14.0. The fourth-order valence-corrected chi connectivity index (χ4v) is 1.64. The Morgan fingerprint density at radius 2 is 2.10 bits per heavy atom. The first-order valence-corrected chi connectivity index (χ1v) is 6.42. The minimum atomic E-state index is -0.0178. The highest BCUT2D eigenvalue weighted by Crippen LogP contribution is 2.17. The third kappa shape index (κ3) is 3.53. The molecule has 1 amide bonds. The van der Waals surface area contributed by atoms with Crippen LogP contribution in [0.3, 0.4) is 0 Å². The number of carbonyl (C=O) groups is 1. The summed E-state index contributed by atoms with van der Waals surface area (Å²) in [6.45, 7) is 2.18. The molecule has 7 nitrogen and oxygen atoms in total. The fraction of sp³-hybridized carbons (Fsp3) is 0.385. The fourth-order valence-electron chi connectivity index (χ4n) is 1.64. The Morgan fingerprint density at radius 1 is 1.35 bits per heavy atom. The third-order valence-corrected chi connectivity index (χ3v) is 2.70. The molecule has 0 radical (unpaired) electrons. The Kier molecular flexibility index (Phi) is 4.65. The topological polar surface area (TPSA) is 81.9 Å². The maximum atomic E-state index is 11.3. The zero-order valence-corrected chi connectivity index (χ0v) is 11.5. The standard InChI is InChI=1S/C13H17N5O2/c1-3-4-12(19)14-9-18-16-13(15-17-18)10-5-7-11(20-2)8-6-10/h5-8H,3-4,9H2,1-2H3,(H,14,19). The Morgan fingerprint density at radius 3 is 2.75 bits per heavy atom. The molecule has 0 saturated carbocycles. The number of tetrazole rings is 1. The van der Waals surface area contributed by atoms with E-state index in [1.54, 1.807) is 7.11 Å². The molecule has 0 bridgehead atoms. The Labute approximate surface area is 116 Å². The van der Waals surface area contributed by atoms with Crippen LogP contribution in [0.15, 0.2) is 24.3 Å². The average Bonchev–Trinajstić information content (AvgIpc) is 2.94. The highest BCUT2D eigenvalue weighted by atomic mass is 16.5. The van der Waals surface area contributed by atoms with Gasteiger partial charge < -0.3 is 10.1 Å². The summed E-state index contributed by atoms with van der Waals surface area (Å²) < 4.78 is 5.09. The predicted octanol–water partition coefficient (Wildman–Crippen LogP) is 1.22. The summed E-state index contributed by atoms with van der Waals surface area (Å²) in [7, 11) is 1.61. The van der Waals surface area contributed by atoms with Gasteiger partial charge in [0, 0.05) is 12.0 Å². The number of rotatable bonds is 6. The van der Waals surface area contributed by atoms with Gasteiger partial charge in [-0.05, 0) is 35.9 Å². The molecule has 106 valence electrons. The highest BCUT2D eigenvalue weighted by Gasteiger charge is 2.06. The predicted molar refractivity (Wildman–Crippen MR) is 72.9 cm³/mol. The van der Waals surface area contributed by atoms with Gasteiger partial charge in [-0.25, -0.2) is 0 Å². The summed E-state index contributed by atoms with van der Waals surface area (Å²) in [5.41, 5.74) is 0.844. The summed E-state index contributed by atoms with van der Waals surface area (Å²) >= 11 is 0. The van der Waals surface area contributed by atoms with E-state index in [9.17, 15) is 4.79 Å². The van der Waals surface area contributed by atoms with Crippen molar-refractivity contribution in [2.24, 2.45) is 0 Å². The maximum absolute atomic E-state index is 11.3. The van der Waals surface area contributed by atoms with Gasteiger partial charge in [-0.3, -0.25) is 4.79 Å². The zero-order chi connectivity index (χ0) is 14.4. The number of hydrogen-bond acceptors (Lipinski definition) is 5. The summed E-state index contributed by atoms with van der Waals surface area (Å²) in [5.74, 6) is 1.26. The molecule has 1 aromatic carbocycles. The molecular formula is C13H17N5O2. The van der Waals surface area contributed by atoms with Gasteiger partial charge >= 0.3 is 0 Å². The van der Waals surface area contributed by atoms with E-state index in [2.05, 4.69) is 20.7 Å². The molecule has 1 heterocycles. The van der Waals surface area contributed by atoms with E-state index in [0.29, 0.717) is 12.2 Å². The van der Waals surface area contributed by atoms with Crippen LogP contribution in [0, 0.1) is 0 Å². The number of nitrogens with zero attached hydrogens (tertiary/aromatic N) is 4. The number of nitrogens with one attached hydrogen (secondary N) is 1. The molecule has 1 aromatic heterocycles. The van der Waals surface area contributed by atoms with Crippen molar-refractivity contribution in [3.8, 4) is 17.1 Å². The molecule has 0 fully saturated rings. The number of methoxy groups -OCH3 is 1. The largest absolute Gasteiger partial charge is 0.497 e. The summed E-state index contributed by atoms with van der Waals surface area (Å²) in [4.78, 5) is 12.7. The van der Waals surface area contributed by atoms with Gasteiger partial charge in [0.1, 0.15) is 12.4 Å². The first-order valence-electron chi connectivity index (χ1n) is 6.42. The molecule has 7 heteroatoms. The lowest BCUT2D eigenvalue weighted by Crippen LogP contribution is -2.26. The van der Waals surface area contributed by atoms with Gasteiger partial charge in [0.2, 0.25) is 11.7 Å². The van der Waals surface area contributed by atoms with Crippen molar-refractivity contribution < 1.29 is 9.53 Å². The van der Waals surface area contributed by atoms with Crippen LogP contribution < -0.4 is 10.1 Å². The van der Waals surface area contributed by atoms with Crippen molar-refractivity contribution in [3.63, 3.8) is 0 Å². The normalized spacial score (nSPS) is 10.3. The van der Waals surface area contributed by atoms with Gasteiger partial charge in [-0.1, -0.05) is 6.92 Å². The van der Waals surface area contributed by atoms with Crippen molar-refractivity contribution in [1.29, 1.82) is 0 Å². The van der Waals surface area contributed by atoms with Gasteiger partial charge in [0.15, 0.2) is 0 Å². The van der Waals surface area contributed by atoms with Crippen molar-refractivity contribution in [2.75, 3.05) is 7.11 Å².